The summed E-state index contributed by atoms with van der Waals surface area (Å²) < 4.78 is 11.0. The number of unbranched alkanes of at least 4 members (excludes halogenated alkanes) is 1. The lowest BCUT2D eigenvalue weighted by molar-refractivity contribution is -0.0630. The van der Waals surface area contributed by atoms with Gasteiger partial charge in [-0.05, 0) is 81.3 Å². The lowest BCUT2D eigenvalue weighted by Crippen LogP contribution is -2.50. The van der Waals surface area contributed by atoms with Crippen LogP contribution in [-0.2, 0) is 15.9 Å². The summed E-state index contributed by atoms with van der Waals surface area (Å²) in [5.41, 5.74) is 1.73. The molecule has 1 aliphatic carbocycles. The number of rotatable bonds is 12. The van der Waals surface area contributed by atoms with Gasteiger partial charge in [0.05, 0.1) is 19.5 Å². The minimum atomic E-state index is -0.897. The van der Waals surface area contributed by atoms with Crippen LogP contribution in [0, 0.1) is 11.8 Å². The molecule has 0 N–H and O–H groups in total. The van der Waals surface area contributed by atoms with Crippen molar-refractivity contribution in [3.8, 4) is 0 Å². The molecule has 0 saturated heterocycles. The minimum absolute atomic E-state index is 0.00400. The molecule has 1 heterocycles. The number of halogens is 1. The Bertz CT molecular complexity index is 1090. The number of ether oxygens (including phenoxy) is 2. The van der Waals surface area contributed by atoms with Crippen LogP contribution in [0.1, 0.15) is 75.5 Å². The normalized spacial score (nSPS) is 25.2. The molecule has 2 aromatic carbocycles. The third-order valence-electron chi connectivity index (χ3n) is 8.82. The third-order valence-corrected chi connectivity index (χ3v) is 9.08. The zero-order valence-electron chi connectivity index (χ0n) is 24.6. The van der Waals surface area contributed by atoms with Crippen molar-refractivity contribution in [2.75, 3.05) is 27.7 Å². The highest BCUT2D eigenvalue weighted by Gasteiger charge is 2.49. The number of nitrogens with zero attached hydrogens (tertiary/aromatic N) is 3. The summed E-state index contributed by atoms with van der Waals surface area (Å²) in [5.74, 6) is 1.15. The second kappa shape index (κ2) is 14.4. The predicted octanol–water partition coefficient (Wildman–Crippen LogP) is 7.76. The van der Waals surface area contributed by atoms with Gasteiger partial charge in [0.15, 0.2) is 0 Å². The maximum atomic E-state index is 12.4. The van der Waals surface area contributed by atoms with Crippen LogP contribution in [0.25, 0.3) is 0 Å². The van der Waals surface area contributed by atoms with E-state index in [0.717, 1.165) is 50.1 Å². The summed E-state index contributed by atoms with van der Waals surface area (Å²) in [7, 11) is 5.73. The maximum absolute atomic E-state index is 12.4. The van der Waals surface area contributed by atoms with Crippen molar-refractivity contribution in [1.82, 2.24) is 9.80 Å². The van der Waals surface area contributed by atoms with Gasteiger partial charge in [0, 0.05) is 24.0 Å². The fraction of sp³-hybridized carbons (Fsp3) is 0.576. The number of carbonyl (C=O) groups excluding carboxylic acids is 1. The van der Waals surface area contributed by atoms with E-state index in [1.807, 2.05) is 24.5 Å². The number of hydrogen-bond donors (Lipinski definition) is 0. The zero-order chi connectivity index (χ0) is 28.5. The van der Waals surface area contributed by atoms with Gasteiger partial charge in [-0.1, -0.05) is 80.3 Å². The molecule has 0 spiro atoms. The fourth-order valence-corrected chi connectivity index (χ4v) is 6.86. The molecule has 0 radical (unpaired) electrons. The van der Waals surface area contributed by atoms with Crippen LogP contribution in [0.5, 0.6) is 0 Å². The van der Waals surface area contributed by atoms with Gasteiger partial charge in [-0.15, -0.1) is 0 Å². The number of hydrogen-bond acceptors (Lipinski definition) is 6. The summed E-state index contributed by atoms with van der Waals surface area (Å²) in [6.45, 7) is 3.00. The fourth-order valence-electron chi connectivity index (χ4n) is 6.73. The molecule has 1 aliphatic heterocycles. The molecule has 40 heavy (non-hydrogen) atoms. The van der Waals surface area contributed by atoms with E-state index in [2.05, 4.69) is 67.2 Å². The van der Waals surface area contributed by atoms with Crippen LogP contribution < -0.4 is 0 Å². The van der Waals surface area contributed by atoms with Crippen molar-refractivity contribution < 1.29 is 14.3 Å². The first-order valence-corrected chi connectivity index (χ1v) is 15.3. The molecule has 1 saturated carbocycles. The van der Waals surface area contributed by atoms with E-state index in [1.165, 1.54) is 31.1 Å². The highest BCUT2D eigenvalue weighted by atomic mass is 35.5. The maximum Gasteiger partial charge on any atom is 0.510 e. The molecule has 0 aromatic heterocycles. The lowest BCUT2D eigenvalue weighted by Gasteiger charge is -2.41. The van der Waals surface area contributed by atoms with Crippen molar-refractivity contribution in [2.45, 2.75) is 82.5 Å². The number of benzene rings is 2. The summed E-state index contributed by atoms with van der Waals surface area (Å²) in [5, 5.41) is 0.779. The van der Waals surface area contributed by atoms with E-state index in [9.17, 15) is 4.79 Å². The van der Waals surface area contributed by atoms with Gasteiger partial charge >= 0.3 is 6.16 Å². The molecular formula is C33H46ClN3O3. The highest BCUT2D eigenvalue weighted by Crippen LogP contribution is 2.44. The first kappa shape index (κ1) is 30.4. The minimum Gasteiger partial charge on any atom is -0.438 e. The molecule has 2 aromatic rings. The summed E-state index contributed by atoms with van der Waals surface area (Å²) in [6, 6.07) is 19.3. The topological polar surface area (TPSA) is 54.4 Å². The first-order valence-electron chi connectivity index (χ1n) is 14.9. The second-order valence-electron chi connectivity index (χ2n) is 11.7. The Morgan fingerprint density at radius 2 is 1.80 bits per heavy atom. The van der Waals surface area contributed by atoms with Crippen LogP contribution in [0.15, 0.2) is 59.6 Å². The van der Waals surface area contributed by atoms with Crippen molar-refractivity contribution >= 4 is 24.1 Å². The van der Waals surface area contributed by atoms with E-state index in [1.54, 1.807) is 0 Å². The molecule has 4 rings (SSSR count). The van der Waals surface area contributed by atoms with Crippen molar-refractivity contribution in [3.05, 3.63) is 70.7 Å². The Balaban J connectivity index is 1.48. The summed E-state index contributed by atoms with van der Waals surface area (Å²) in [4.78, 5) is 22.0. The van der Waals surface area contributed by atoms with Crippen molar-refractivity contribution in [2.24, 2.45) is 16.8 Å². The van der Waals surface area contributed by atoms with Crippen LogP contribution in [0.4, 0.5) is 4.79 Å². The highest BCUT2D eigenvalue weighted by molar-refractivity contribution is 6.30. The average Bonchev–Trinajstić information content (AvgIpc) is 3.29. The standard InChI is InChI=1S/C33H46ClN3O3/c1-5-6-21-33(40-32(38)39-4)30(37(24-35-33)22-20-25-10-8-7-9-11-25)23-26-12-14-27(15-13-26)31(36(2)3)28-16-18-29(34)19-17-28/h7-11,16-19,24,26-27,30-31H,5-6,12-15,20-23H2,1-4H3. The molecule has 2 aliphatic rings. The van der Waals surface area contributed by atoms with E-state index in [0.29, 0.717) is 24.3 Å². The quantitative estimate of drug-likeness (QED) is 0.245. The lowest BCUT2D eigenvalue weighted by atomic mass is 9.73. The Morgan fingerprint density at radius 3 is 2.42 bits per heavy atom. The molecule has 0 amide bonds. The Hall–Kier alpha value is -2.57. The molecule has 6 nitrogen and oxygen atoms in total. The Kier molecular flexibility index (Phi) is 10.9. The van der Waals surface area contributed by atoms with Crippen LogP contribution in [-0.4, -0.2) is 61.8 Å². The monoisotopic (exact) mass is 567 g/mol. The van der Waals surface area contributed by atoms with E-state index >= 15 is 0 Å². The molecule has 0 bridgehead atoms. The molecule has 3 unspecified atom stereocenters. The summed E-state index contributed by atoms with van der Waals surface area (Å²) in [6.07, 6.45) is 10.5. The molecule has 3 atom stereocenters. The molecular weight excluding hydrogens is 522 g/mol. The number of methoxy groups -OCH3 is 1. The van der Waals surface area contributed by atoms with Gasteiger partial charge < -0.3 is 19.3 Å². The van der Waals surface area contributed by atoms with Gasteiger partial charge in [-0.3, -0.25) is 0 Å². The zero-order valence-corrected chi connectivity index (χ0v) is 25.4. The van der Waals surface area contributed by atoms with E-state index < -0.39 is 11.9 Å². The van der Waals surface area contributed by atoms with Crippen LogP contribution in [0.2, 0.25) is 5.02 Å². The van der Waals surface area contributed by atoms with Gasteiger partial charge in [0.2, 0.25) is 5.72 Å². The van der Waals surface area contributed by atoms with E-state index in [4.69, 9.17) is 26.1 Å². The Labute approximate surface area is 245 Å². The van der Waals surface area contributed by atoms with Crippen molar-refractivity contribution in [3.63, 3.8) is 0 Å². The first-order chi connectivity index (χ1) is 19.3. The Morgan fingerprint density at radius 1 is 1.10 bits per heavy atom. The molecule has 218 valence electrons. The number of carbonyl (C=O) groups is 1. The average molecular weight is 568 g/mol. The largest absolute Gasteiger partial charge is 0.510 e. The SMILES string of the molecule is CCCCC1(OC(=O)OC)N=CN(CCc2ccccc2)C1CC1CCC(C(c2ccc(Cl)cc2)N(C)C)CC1. The van der Waals surface area contributed by atoms with E-state index in [-0.39, 0.29) is 6.04 Å². The predicted molar refractivity (Wildman–Crippen MR) is 163 cm³/mol. The third kappa shape index (κ3) is 7.58. The van der Waals surface area contributed by atoms with Crippen LogP contribution >= 0.6 is 11.6 Å². The second-order valence-corrected chi connectivity index (χ2v) is 12.2. The van der Waals surface area contributed by atoms with Gasteiger partial charge in [0.1, 0.15) is 0 Å². The summed E-state index contributed by atoms with van der Waals surface area (Å²) >= 11 is 6.18. The van der Waals surface area contributed by atoms with Gasteiger partial charge in [0.25, 0.3) is 0 Å². The van der Waals surface area contributed by atoms with Crippen molar-refractivity contribution in [1.29, 1.82) is 0 Å². The van der Waals surface area contributed by atoms with Gasteiger partial charge in [-0.2, -0.15) is 0 Å². The molecule has 1 fully saturated rings. The number of aliphatic imine (C=N–C) groups is 1. The molecule has 7 heteroatoms. The van der Waals surface area contributed by atoms with Gasteiger partial charge in [-0.25, -0.2) is 9.79 Å². The van der Waals surface area contributed by atoms with Crippen LogP contribution in [0.3, 0.4) is 0 Å². The smallest absolute Gasteiger partial charge is 0.438 e.